The second kappa shape index (κ2) is 18.8. The Kier molecular flexibility index (Phi) is 14.8. The average molecular weight is 837 g/mol. The fourth-order valence-corrected chi connectivity index (χ4v) is 14.8. The van der Waals surface area contributed by atoms with Gasteiger partial charge in [0.1, 0.15) is 0 Å². The summed E-state index contributed by atoms with van der Waals surface area (Å²) in [6.07, 6.45) is 21.9. The van der Waals surface area contributed by atoms with Gasteiger partial charge in [0.2, 0.25) is 0 Å². The molecule has 3 aromatic carbocycles. The molecule has 0 saturated heterocycles. The van der Waals surface area contributed by atoms with E-state index in [2.05, 4.69) is 113 Å². The predicted molar refractivity (Wildman–Crippen MR) is 214 cm³/mol. The Balaban J connectivity index is 0.000000979. The van der Waals surface area contributed by atoms with E-state index in [0.29, 0.717) is 6.26 Å². The van der Waals surface area contributed by atoms with Crippen LogP contribution >= 0.6 is 7.92 Å². The summed E-state index contributed by atoms with van der Waals surface area (Å²) >= 11 is 0.164. The first-order valence-corrected chi connectivity index (χ1v) is 23.8. The molecule has 2 fully saturated rings. The number of nitrogens with two attached hydrogens (primary N) is 1. The second-order valence-corrected chi connectivity index (χ2v) is 21.5. The van der Waals surface area contributed by atoms with E-state index in [1.165, 1.54) is 84.9 Å². The zero-order chi connectivity index (χ0) is 37.3. The van der Waals surface area contributed by atoms with Crippen LogP contribution in [0.1, 0.15) is 104 Å². The van der Waals surface area contributed by atoms with Crippen molar-refractivity contribution < 1.29 is 40.4 Å². The van der Waals surface area contributed by atoms with Crippen LogP contribution in [0.5, 0.6) is 11.5 Å². The van der Waals surface area contributed by atoms with Crippen LogP contribution in [0.2, 0.25) is 0 Å². The van der Waals surface area contributed by atoms with Gasteiger partial charge in [-0.15, -0.1) is 0 Å². The minimum atomic E-state index is -3.92. The molecule has 0 aromatic heterocycles. The number of allylic oxidation sites excluding steroid dienone is 2. The van der Waals surface area contributed by atoms with E-state index >= 15 is 0 Å². The van der Waals surface area contributed by atoms with Crippen molar-refractivity contribution in [1.29, 1.82) is 0 Å². The molecule has 9 heteroatoms. The van der Waals surface area contributed by atoms with E-state index < -0.39 is 22.1 Å². The molecule has 1 unspecified atom stereocenters. The van der Waals surface area contributed by atoms with Crippen LogP contribution in [-0.4, -0.2) is 46.8 Å². The predicted octanol–water partition coefficient (Wildman–Crippen LogP) is 9.27. The molecule has 3 aliphatic rings. The summed E-state index contributed by atoms with van der Waals surface area (Å²) in [6, 6.07) is 24.4. The SMILES string of the molecule is CC(C)Oc1cccc(OC(C)C)c1-c1ccc[c]([Pd+][C]2(N)CC=CC=C2c2ccccc2)c1P(C1CCCCC1)C1CCCCC1.CS(=O)(=O)[O-]. The second-order valence-electron chi connectivity index (χ2n) is 14.7. The summed E-state index contributed by atoms with van der Waals surface area (Å²) in [4.78, 5) is 0. The summed E-state index contributed by atoms with van der Waals surface area (Å²) in [7, 11) is -4.35. The Morgan fingerprint density at radius 2 is 1.31 bits per heavy atom. The minimum absolute atomic E-state index is 0.0659. The van der Waals surface area contributed by atoms with Gasteiger partial charge in [0.05, 0.1) is 10.1 Å². The molecule has 285 valence electrons. The molecule has 0 spiro atoms. The van der Waals surface area contributed by atoms with Gasteiger partial charge in [0.25, 0.3) is 0 Å². The summed E-state index contributed by atoms with van der Waals surface area (Å²) in [6.45, 7) is 8.51. The van der Waals surface area contributed by atoms with Crippen LogP contribution in [0.4, 0.5) is 0 Å². The summed E-state index contributed by atoms with van der Waals surface area (Å²) in [5, 5.41) is 1.61. The Labute approximate surface area is 322 Å². The fraction of sp³-hybridized carbons (Fsp3) is 0.488. The van der Waals surface area contributed by atoms with Crippen LogP contribution in [0.15, 0.2) is 85.0 Å². The third-order valence-electron chi connectivity index (χ3n) is 9.68. The topological polar surface area (TPSA) is 102 Å². The third kappa shape index (κ3) is 11.1. The van der Waals surface area contributed by atoms with Gasteiger partial charge in [0, 0.05) is 6.26 Å². The van der Waals surface area contributed by atoms with Crippen LogP contribution in [0.25, 0.3) is 16.7 Å². The molecular formula is C43H57NO5PPdS. The van der Waals surface area contributed by atoms with Crippen molar-refractivity contribution in [3.8, 4) is 22.6 Å². The van der Waals surface area contributed by atoms with Crippen molar-refractivity contribution in [1.82, 2.24) is 0 Å². The number of ether oxygens (including phenoxy) is 2. The first-order valence-electron chi connectivity index (χ1n) is 18.9. The molecule has 2 saturated carbocycles. The molecule has 6 rings (SSSR count). The van der Waals surface area contributed by atoms with Crippen LogP contribution in [0, 0.1) is 0 Å². The maximum atomic E-state index is 9.08. The molecule has 0 amide bonds. The third-order valence-corrected chi connectivity index (χ3v) is 16.1. The van der Waals surface area contributed by atoms with Gasteiger partial charge in [-0.25, -0.2) is 8.42 Å². The van der Waals surface area contributed by atoms with E-state index in [4.69, 9.17) is 28.2 Å². The Morgan fingerprint density at radius 1 is 0.788 bits per heavy atom. The Bertz CT molecular complexity index is 1730. The molecule has 3 aliphatic carbocycles. The fourth-order valence-electron chi connectivity index (χ4n) is 7.70. The van der Waals surface area contributed by atoms with Crippen molar-refractivity contribution in [3.63, 3.8) is 0 Å². The molecule has 1 atom stereocenters. The summed E-state index contributed by atoms with van der Waals surface area (Å²) < 4.78 is 41.5. The maximum absolute atomic E-state index is 9.08. The van der Waals surface area contributed by atoms with Crippen LogP contribution in [0.3, 0.4) is 0 Å². The molecule has 2 N–H and O–H groups in total. The van der Waals surface area contributed by atoms with Gasteiger partial charge in [-0.2, -0.15) is 0 Å². The molecule has 0 heterocycles. The van der Waals surface area contributed by atoms with Crippen LogP contribution in [-0.2, 0) is 28.1 Å². The van der Waals surface area contributed by atoms with Crippen molar-refractivity contribution in [3.05, 3.63) is 90.5 Å². The van der Waals surface area contributed by atoms with Crippen molar-refractivity contribution in [2.24, 2.45) is 5.73 Å². The Hall–Kier alpha value is -2.30. The smallest absolute Gasteiger partial charge is 0.0916 e. The molecule has 3 aromatic rings. The molecular weight excluding hydrogens is 780 g/mol. The standard InChI is InChI=1S/C30H42O2P.C12H12N.CH4O3S.Pd/c1-22(2)31-27-19-13-20-28(32-23(3)4)30(27)26-18-11-12-21-29(26)33(24-14-7-5-8-15-24)25-16-9-6-10-17-25;13-12-9-5-4-8-11(12)10-6-2-1-3-7-10;1-5(2,3)4;/h11-13,18-20,22-25H,5-10,14-17H2,1-4H3;1-8H,9,13H2;1H3,(H,2,3,4);/q;;;+1/p-1. The number of hydrogen-bond acceptors (Lipinski definition) is 6. The number of benzene rings is 3. The first-order chi connectivity index (χ1) is 24.8. The summed E-state index contributed by atoms with van der Waals surface area (Å²) in [5.41, 5.74) is 14.1. The largest absolute Gasteiger partial charge is 0.748 e. The zero-order valence-electron chi connectivity index (χ0n) is 31.5. The van der Waals surface area contributed by atoms with Crippen molar-refractivity contribution in [2.45, 2.75) is 126 Å². The van der Waals surface area contributed by atoms with E-state index in [9.17, 15) is 0 Å². The van der Waals surface area contributed by atoms with Crippen LogP contribution < -0.4 is 24.5 Å². The average Bonchev–Trinajstić information content (AvgIpc) is 3.09. The minimum Gasteiger partial charge on any atom is -0.748 e. The number of hydrogen-bond donors (Lipinski definition) is 1. The monoisotopic (exact) mass is 836 g/mol. The van der Waals surface area contributed by atoms with Crippen molar-refractivity contribution >= 4 is 33.0 Å². The van der Waals surface area contributed by atoms with Gasteiger partial charge in [0.15, 0.2) is 0 Å². The zero-order valence-corrected chi connectivity index (χ0v) is 34.7. The number of rotatable bonds is 11. The normalized spacial score (nSPS) is 20.2. The van der Waals surface area contributed by atoms with Gasteiger partial charge in [-0.3, -0.25) is 0 Å². The summed E-state index contributed by atoms with van der Waals surface area (Å²) in [5.74, 6) is 1.86. The first kappa shape index (κ1) is 40.9. The van der Waals surface area contributed by atoms with Gasteiger partial charge in [-0.1, -0.05) is 0 Å². The quantitative estimate of drug-likeness (QED) is 0.117. The van der Waals surface area contributed by atoms with E-state index in [-0.39, 0.29) is 30.2 Å². The van der Waals surface area contributed by atoms with Gasteiger partial charge in [-0.05, 0) is 0 Å². The van der Waals surface area contributed by atoms with E-state index in [1.54, 1.807) is 5.30 Å². The molecule has 0 bridgehead atoms. The van der Waals surface area contributed by atoms with Gasteiger partial charge < -0.3 is 4.55 Å². The van der Waals surface area contributed by atoms with Crippen molar-refractivity contribution in [2.75, 3.05) is 6.26 Å². The van der Waals surface area contributed by atoms with E-state index in [1.807, 2.05) is 0 Å². The Morgan fingerprint density at radius 3 is 1.83 bits per heavy atom. The molecule has 0 aliphatic heterocycles. The molecule has 52 heavy (non-hydrogen) atoms. The maximum Gasteiger partial charge on any atom is 0.0916 e. The molecule has 6 nitrogen and oxygen atoms in total. The molecule has 0 radical (unpaired) electrons. The van der Waals surface area contributed by atoms with Gasteiger partial charge >= 0.3 is 295 Å². The van der Waals surface area contributed by atoms with E-state index in [0.717, 1.165) is 34.8 Å².